The van der Waals surface area contributed by atoms with Crippen molar-refractivity contribution in [1.29, 1.82) is 0 Å². The second kappa shape index (κ2) is 8.02. The summed E-state index contributed by atoms with van der Waals surface area (Å²) in [5, 5.41) is 0. The summed E-state index contributed by atoms with van der Waals surface area (Å²) in [4.78, 5) is 17.3. The zero-order valence-electron chi connectivity index (χ0n) is 14.9. The first-order valence-corrected chi connectivity index (χ1v) is 9.44. The predicted octanol–water partition coefficient (Wildman–Crippen LogP) is 2.78. The number of nitrogens with zero attached hydrogens (tertiary/aromatic N) is 2. The first kappa shape index (κ1) is 17.3. The summed E-state index contributed by atoms with van der Waals surface area (Å²) in [7, 11) is 0. The summed E-state index contributed by atoms with van der Waals surface area (Å²) < 4.78 is 0. The Morgan fingerprint density at radius 2 is 1.83 bits per heavy atom. The molecule has 0 saturated carbocycles. The number of anilines is 1. The molecule has 2 saturated heterocycles. The van der Waals surface area contributed by atoms with Crippen molar-refractivity contribution in [2.45, 2.75) is 39.0 Å². The van der Waals surface area contributed by atoms with Crippen molar-refractivity contribution in [3.05, 3.63) is 29.8 Å². The zero-order valence-corrected chi connectivity index (χ0v) is 14.9. The predicted molar refractivity (Wildman–Crippen MR) is 98.7 cm³/mol. The first-order chi connectivity index (χ1) is 11.6. The lowest BCUT2D eigenvalue weighted by Crippen LogP contribution is -2.45. The number of hydrogen-bond donors (Lipinski definition) is 1. The molecular weight excluding hydrogens is 298 g/mol. The molecule has 0 spiro atoms. The fraction of sp³-hybridized carbons (Fsp3) is 0.650. The third-order valence-electron chi connectivity index (χ3n) is 5.60. The smallest absolute Gasteiger partial charge is 0.226 e. The van der Waals surface area contributed by atoms with E-state index in [0.29, 0.717) is 12.3 Å². The lowest BCUT2D eigenvalue weighted by molar-refractivity contribution is -0.132. The maximum Gasteiger partial charge on any atom is 0.226 e. The van der Waals surface area contributed by atoms with E-state index in [9.17, 15) is 4.79 Å². The normalized spacial score (nSPS) is 23.4. The van der Waals surface area contributed by atoms with Gasteiger partial charge in [-0.1, -0.05) is 19.1 Å². The molecule has 0 aliphatic carbocycles. The Balaban J connectivity index is 1.49. The van der Waals surface area contributed by atoms with Crippen molar-refractivity contribution in [3.63, 3.8) is 0 Å². The SMILES string of the molecule is CC1CCN(CC2CCCN(C(=O)Cc3ccc(N)cc3)C2)CC1. The first-order valence-electron chi connectivity index (χ1n) is 9.44. The highest BCUT2D eigenvalue weighted by atomic mass is 16.2. The molecule has 132 valence electrons. The quantitative estimate of drug-likeness (QED) is 0.864. The fourth-order valence-electron chi connectivity index (χ4n) is 3.97. The molecule has 1 aromatic carbocycles. The molecule has 2 aliphatic rings. The molecule has 0 aromatic heterocycles. The molecule has 24 heavy (non-hydrogen) atoms. The fourth-order valence-corrected chi connectivity index (χ4v) is 3.97. The summed E-state index contributed by atoms with van der Waals surface area (Å²) in [5.41, 5.74) is 7.52. The number of amides is 1. The summed E-state index contributed by atoms with van der Waals surface area (Å²) >= 11 is 0. The van der Waals surface area contributed by atoms with Gasteiger partial charge in [-0.25, -0.2) is 0 Å². The number of carbonyl (C=O) groups is 1. The van der Waals surface area contributed by atoms with Crippen molar-refractivity contribution in [3.8, 4) is 0 Å². The molecule has 1 unspecified atom stereocenters. The molecule has 3 rings (SSSR count). The maximum absolute atomic E-state index is 12.6. The van der Waals surface area contributed by atoms with E-state index in [2.05, 4.69) is 16.7 Å². The number of hydrogen-bond acceptors (Lipinski definition) is 3. The summed E-state index contributed by atoms with van der Waals surface area (Å²) in [5.74, 6) is 1.78. The summed E-state index contributed by atoms with van der Waals surface area (Å²) in [6.45, 7) is 7.84. The highest BCUT2D eigenvalue weighted by Gasteiger charge is 2.26. The largest absolute Gasteiger partial charge is 0.399 e. The number of carbonyl (C=O) groups excluding carboxylic acids is 1. The Bertz CT molecular complexity index is 534. The van der Waals surface area contributed by atoms with Crippen molar-refractivity contribution in [2.75, 3.05) is 38.5 Å². The second-order valence-electron chi connectivity index (χ2n) is 7.75. The molecule has 2 aliphatic heterocycles. The van der Waals surface area contributed by atoms with Gasteiger partial charge in [0.15, 0.2) is 0 Å². The van der Waals surface area contributed by atoms with Gasteiger partial charge in [-0.2, -0.15) is 0 Å². The Kier molecular flexibility index (Phi) is 5.77. The number of piperidine rings is 2. The van der Waals surface area contributed by atoms with E-state index in [4.69, 9.17) is 5.73 Å². The lowest BCUT2D eigenvalue weighted by atomic mass is 9.94. The van der Waals surface area contributed by atoms with Crippen LogP contribution in [0.25, 0.3) is 0 Å². The number of likely N-dealkylation sites (tertiary alicyclic amines) is 2. The van der Waals surface area contributed by atoms with E-state index < -0.39 is 0 Å². The minimum atomic E-state index is 0.261. The summed E-state index contributed by atoms with van der Waals surface area (Å²) in [6, 6.07) is 7.67. The van der Waals surface area contributed by atoms with Crippen molar-refractivity contribution in [1.82, 2.24) is 9.80 Å². The minimum Gasteiger partial charge on any atom is -0.399 e. The molecule has 1 atom stereocenters. The Labute approximate surface area is 146 Å². The van der Waals surface area contributed by atoms with Gasteiger partial charge in [-0.3, -0.25) is 4.79 Å². The van der Waals surface area contributed by atoms with Gasteiger partial charge in [0.25, 0.3) is 0 Å². The molecule has 1 aromatic rings. The molecule has 0 radical (unpaired) electrons. The van der Waals surface area contributed by atoms with E-state index in [1.165, 1.54) is 38.9 Å². The average molecular weight is 329 g/mol. The molecule has 4 nitrogen and oxygen atoms in total. The van der Waals surface area contributed by atoms with Gasteiger partial charge in [-0.15, -0.1) is 0 Å². The number of rotatable bonds is 4. The van der Waals surface area contributed by atoms with E-state index in [-0.39, 0.29) is 5.91 Å². The third-order valence-corrected chi connectivity index (χ3v) is 5.60. The van der Waals surface area contributed by atoms with Crippen LogP contribution in [0.1, 0.15) is 38.2 Å². The van der Waals surface area contributed by atoms with Crippen molar-refractivity contribution < 1.29 is 4.79 Å². The molecule has 2 fully saturated rings. The van der Waals surface area contributed by atoms with Gasteiger partial charge >= 0.3 is 0 Å². The molecule has 2 heterocycles. The lowest BCUT2D eigenvalue weighted by Gasteiger charge is -2.38. The van der Waals surface area contributed by atoms with Crippen LogP contribution in [0.5, 0.6) is 0 Å². The van der Waals surface area contributed by atoms with Gasteiger partial charge in [0.05, 0.1) is 6.42 Å². The van der Waals surface area contributed by atoms with E-state index >= 15 is 0 Å². The van der Waals surface area contributed by atoms with Crippen LogP contribution in [0.15, 0.2) is 24.3 Å². The van der Waals surface area contributed by atoms with Gasteiger partial charge in [0.2, 0.25) is 5.91 Å². The van der Waals surface area contributed by atoms with E-state index in [1.54, 1.807) is 0 Å². The Morgan fingerprint density at radius 3 is 2.54 bits per heavy atom. The van der Waals surface area contributed by atoms with Crippen LogP contribution in [0.2, 0.25) is 0 Å². The van der Waals surface area contributed by atoms with Gasteiger partial charge in [0, 0.05) is 25.3 Å². The summed E-state index contributed by atoms with van der Waals surface area (Å²) in [6.07, 6.45) is 5.55. The van der Waals surface area contributed by atoms with Crippen LogP contribution in [0, 0.1) is 11.8 Å². The van der Waals surface area contributed by atoms with Crippen LogP contribution < -0.4 is 5.73 Å². The van der Waals surface area contributed by atoms with Crippen LogP contribution >= 0.6 is 0 Å². The highest BCUT2D eigenvalue weighted by Crippen LogP contribution is 2.22. The highest BCUT2D eigenvalue weighted by molar-refractivity contribution is 5.79. The van der Waals surface area contributed by atoms with Crippen LogP contribution in [-0.4, -0.2) is 48.4 Å². The Morgan fingerprint density at radius 1 is 1.12 bits per heavy atom. The van der Waals surface area contributed by atoms with Crippen LogP contribution in [0.3, 0.4) is 0 Å². The third kappa shape index (κ3) is 4.73. The number of benzene rings is 1. The van der Waals surface area contributed by atoms with Crippen molar-refractivity contribution >= 4 is 11.6 Å². The maximum atomic E-state index is 12.6. The van der Waals surface area contributed by atoms with E-state index in [0.717, 1.165) is 36.7 Å². The topological polar surface area (TPSA) is 49.6 Å². The Hall–Kier alpha value is -1.55. The molecule has 4 heteroatoms. The number of nitrogens with two attached hydrogens (primary N) is 1. The van der Waals surface area contributed by atoms with Gasteiger partial charge < -0.3 is 15.5 Å². The molecular formula is C20H31N3O. The monoisotopic (exact) mass is 329 g/mol. The molecule has 2 N–H and O–H groups in total. The minimum absolute atomic E-state index is 0.261. The zero-order chi connectivity index (χ0) is 16.9. The van der Waals surface area contributed by atoms with E-state index in [1.807, 2.05) is 24.3 Å². The number of nitrogen functional groups attached to an aromatic ring is 1. The average Bonchev–Trinajstić information content (AvgIpc) is 2.59. The molecule has 1 amide bonds. The van der Waals surface area contributed by atoms with Crippen molar-refractivity contribution in [2.24, 2.45) is 11.8 Å². The van der Waals surface area contributed by atoms with Gasteiger partial charge in [0.1, 0.15) is 0 Å². The second-order valence-corrected chi connectivity index (χ2v) is 7.75. The molecule has 0 bridgehead atoms. The van der Waals surface area contributed by atoms with Gasteiger partial charge in [-0.05, 0) is 68.3 Å². The standard InChI is InChI=1S/C20H31N3O/c1-16-8-11-22(12-9-16)14-18-3-2-10-23(15-18)20(24)13-17-4-6-19(21)7-5-17/h4-7,16,18H,2-3,8-15,21H2,1H3. The van der Waals surface area contributed by atoms with Crippen LogP contribution in [-0.2, 0) is 11.2 Å². The van der Waals surface area contributed by atoms with Crippen LogP contribution in [0.4, 0.5) is 5.69 Å².